The Kier molecular flexibility index (Phi) is 4.46. The Morgan fingerprint density at radius 3 is 2.60 bits per heavy atom. The molecule has 130 valence electrons. The van der Waals surface area contributed by atoms with Gasteiger partial charge in [-0.25, -0.2) is 18.4 Å². The molecule has 0 amide bonds. The largest absolute Gasteiger partial charge is 0.310 e. The molecule has 7 nitrogen and oxygen atoms in total. The maximum absolute atomic E-state index is 12.5. The number of carbonyl (C=O) groups excluding carboxylic acids is 1. The van der Waals surface area contributed by atoms with Crippen LogP contribution in [0.5, 0.6) is 0 Å². The molecule has 0 spiro atoms. The van der Waals surface area contributed by atoms with E-state index in [0.29, 0.717) is 27.0 Å². The molecule has 3 aromatic heterocycles. The van der Waals surface area contributed by atoms with Gasteiger partial charge < -0.3 is 4.57 Å². The van der Waals surface area contributed by atoms with Gasteiger partial charge in [0.2, 0.25) is 0 Å². The molecular formula is C16H15BrN4O3S. The van der Waals surface area contributed by atoms with Crippen molar-refractivity contribution in [2.45, 2.75) is 18.7 Å². The average Bonchev–Trinajstić information content (AvgIpc) is 2.91. The first kappa shape index (κ1) is 17.7. The zero-order valence-electron chi connectivity index (χ0n) is 13.8. The summed E-state index contributed by atoms with van der Waals surface area (Å²) >= 11 is 3.27. The Hall–Kier alpha value is -2.13. The summed E-state index contributed by atoms with van der Waals surface area (Å²) in [6.45, 7) is 3.03. The van der Waals surface area contributed by atoms with Crippen LogP contribution < -0.4 is 0 Å². The van der Waals surface area contributed by atoms with Crippen molar-refractivity contribution in [1.82, 2.24) is 19.5 Å². The molecule has 0 aliphatic carbocycles. The van der Waals surface area contributed by atoms with Crippen LogP contribution in [0.2, 0.25) is 0 Å². The topological polar surface area (TPSA) is 94.8 Å². The van der Waals surface area contributed by atoms with E-state index in [1.165, 1.54) is 25.4 Å². The smallest absolute Gasteiger partial charge is 0.180 e. The van der Waals surface area contributed by atoms with Gasteiger partial charge in [-0.05, 0) is 35.0 Å². The van der Waals surface area contributed by atoms with Crippen molar-refractivity contribution in [3.8, 4) is 11.5 Å². The number of Topliss-reactive ketones (excluding diaryl/α,β-unsaturated/α-hetero) is 1. The maximum Gasteiger partial charge on any atom is 0.180 e. The standard InChI is InChI=1S/C16H15BrN4O3S/c1-4-25(23,24)13-6-11(17)8-18-14(13)16-20-12-5-10(9(2)22)7-19-15(12)21(16)3/h5-8H,4H2,1-3H3. The van der Waals surface area contributed by atoms with E-state index in [1.807, 2.05) is 0 Å². The lowest BCUT2D eigenvalue weighted by molar-refractivity contribution is 0.101. The molecule has 0 aromatic carbocycles. The number of imidazole rings is 1. The second-order valence-corrected chi connectivity index (χ2v) is 8.68. The van der Waals surface area contributed by atoms with Gasteiger partial charge in [-0.2, -0.15) is 0 Å². The van der Waals surface area contributed by atoms with E-state index in [-0.39, 0.29) is 22.1 Å². The van der Waals surface area contributed by atoms with Gasteiger partial charge in [0.15, 0.2) is 27.1 Å². The first-order chi connectivity index (χ1) is 11.7. The van der Waals surface area contributed by atoms with Gasteiger partial charge >= 0.3 is 0 Å². The molecule has 9 heteroatoms. The number of aromatic nitrogens is 4. The zero-order valence-corrected chi connectivity index (χ0v) is 16.2. The predicted molar refractivity (Wildman–Crippen MR) is 97.2 cm³/mol. The summed E-state index contributed by atoms with van der Waals surface area (Å²) in [5, 5.41) is 0. The summed E-state index contributed by atoms with van der Waals surface area (Å²) in [6.07, 6.45) is 3.01. The molecule has 0 fully saturated rings. The Balaban J connectivity index is 2.30. The molecule has 0 radical (unpaired) electrons. The molecule has 0 atom stereocenters. The highest BCUT2D eigenvalue weighted by Gasteiger charge is 2.23. The number of nitrogens with zero attached hydrogens (tertiary/aromatic N) is 4. The second-order valence-electron chi connectivity index (χ2n) is 5.52. The van der Waals surface area contributed by atoms with Gasteiger partial charge in [-0.15, -0.1) is 0 Å². The van der Waals surface area contributed by atoms with Crippen molar-refractivity contribution in [1.29, 1.82) is 0 Å². The maximum atomic E-state index is 12.5. The summed E-state index contributed by atoms with van der Waals surface area (Å²) in [5.41, 5.74) is 1.76. The number of hydrogen-bond donors (Lipinski definition) is 0. The van der Waals surface area contributed by atoms with Crippen LogP contribution >= 0.6 is 15.9 Å². The van der Waals surface area contributed by atoms with Crippen LogP contribution in [-0.4, -0.2) is 39.5 Å². The molecule has 0 aliphatic heterocycles. The van der Waals surface area contributed by atoms with E-state index >= 15 is 0 Å². The molecule has 0 saturated heterocycles. The van der Waals surface area contributed by atoms with Crippen LogP contribution in [0.3, 0.4) is 0 Å². The second kappa shape index (κ2) is 6.30. The molecule has 3 heterocycles. The lowest BCUT2D eigenvalue weighted by Gasteiger charge is -2.09. The molecule has 3 aromatic rings. The number of aryl methyl sites for hydroxylation is 1. The summed E-state index contributed by atoms with van der Waals surface area (Å²) < 4.78 is 27.2. The molecular weight excluding hydrogens is 408 g/mol. The SMILES string of the molecule is CCS(=O)(=O)c1cc(Br)cnc1-c1nc2cc(C(C)=O)cnc2n1C. The number of rotatable bonds is 4. The third kappa shape index (κ3) is 3.09. The highest BCUT2D eigenvalue weighted by molar-refractivity contribution is 9.10. The van der Waals surface area contributed by atoms with E-state index in [2.05, 4.69) is 30.9 Å². The number of sulfone groups is 1. The van der Waals surface area contributed by atoms with E-state index < -0.39 is 9.84 Å². The molecule has 0 bridgehead atoms. The van der Waals surface area contributed by atoms with Crippen LogP contribution in [0, 0.1) is 0 Å². The molecule has 25 heavy (non-hydrogen) atoms. The molecule has 0 unspecified atom stereocenters. The fourth-order valence-corrected chi connectivity index (χ4v) is 4.00. The van der Waals surface area contributed by atoms with E-state index in [0.717, 1.165) is 0 Å². The molecule has 3 rings (SSSR count). The number of pyridine rings is 2. The van der Waals surface area contributed by atoms with E-state index in [1.54, 1.807) is 24.6 Å². The summed E-state index contributed by atoms with van der Waals surface area (Å²) in [6, 6.07) is 3.16. The van der Waals surface area contributed by atoms with Crippen LogP contribution in [0.15, 0.2) is 33.9 Å². The van der Waals surface area contributed by atoms with Crippen molar-refractivity contribution in [2.24, 2.45) is 7.05 Å². The van der Waals surface area contributed by atoms with Crippen LogP contribution in [0.4, 0.5) is 0 Å². The van der Waals surface area contributed by atoms with Crippen molar-refractivity contribution in [3.05, 3.63) is 34.6 Å². The van der Waals surface area contributed by atoms with Gasteiger partial charge in [0.05, 0.1) is 10.6 Å². The number of ketones is 1. The Morgan fingerprint density at radius 1 is 1.24 bits per heavy atom. The van der Waals surface area contributed by atoms with Crippen molar-refractivity contribution >= 4 is 42.7 Å². The molecule has 0 saturated carbocycles. The van der Waals surface area contributed by atoms with Gasteiger partial charge in [-0.3, -0.25) is 9.78 Å². The minimum atomic E-state index is -3.50. The first-order valence-corrected chi connectivity index (χ1v) is 9.91. The van der Waals surface area contributed by atoms with E-state index in [4.69, 9.17) is 0 Å². The Morgan fingerprint density at radius 2 is 1.96 bits per heavy atom. The van der Waals surface area contributed by atoms with Crippen molar-refractivity contribution < 1.29 is 13.2 Å². The lowest BCUT2D eigenvalue weighted by Crippen LogP contribution is -2.08. The third-order valence-corrected chi connectivity index (χ3v) is 6.04. The minimum absolute atomic E-state index is 0.0468. The monoisotopic (exact) mass is 422 g/mol. The van der Waals surface area contributed by atoms with E-state index in [9.17, 15) is 13.2 Å². The lowest BCUT2D eigenvalue weighted by atomic mass is 10.2. The highest BCUT2D eigenvalue weighted by Crippen LogP contribution is 2.29. The number of carbonyl (C=O) groups is 1. The number of halogens is 1. The number of fused-ring (bicyclic) bond motifs is 1. The summed E-state index contributed by atoms with van der Waals surface area (Å²) in [5.74, 6) is 0.217. The zero-order chi connectivity index (χ0) is 18.4. The summed E-state index contributed by atoms with van der Waals surface area (Å²) in [7, 11) is -1.76. The Labute approximate surface area is 153 Å². The Bertz CT molecular complexity index is 1110. The molecule has 0 aliphatic rings. The average molecular weight is 423 g/mol. The first-order valence-electron chi connectivity index (χ1n) is 7.46. The quantitative estimate of drug-likeness (QED) is 0.599. The van der Waals surface area contributed by atoms with Gasteiger partial charge in [0, 0.05) is 29.5 Å². The van der Waals surface area contributed by atoms with Crippen molar-refractivity contribution in [2.75, 3.05) is 5.75 Å². The fourth-order valence-electron chi connectivity index (χ4n) is 2.46. The van der Waals surface area contributed by atoms with Crippen LogP contribution in [-0.2, 0) is 16.9 Å². The summed E-state index contributed by atoms with van der Waals surface area (Å²) in [4.78, 5) is 24.7. The minimum Gasteiger partial charge on any atom is -0.310 e. The normalized spacial score (nSPS) is 11.8. The van der Waals surface area contributed by atoms with Crippen LogP contribution in [0.25, 0.3) is 22.7 Å². The van der Waals surface area contributed by atoms with Gasteiger partial charge in [0.25, 0.3) is 0 Å². The highest BCUT2D eigenvalue weighted by atomic mass is 79.9. The van der Waals surface area contributed by atoms with Crippen LogP contribution in [0.1, 0.15) is 24.2 Å². The van der Waals surface area contributed by atoms with Crippen molar-refractivity contribution in [3.63, 3.8) is 0 Å². The van der Waals surface area contributed by atoms with Gasteiger partial charge in [-0.1, -0.05) is 6.92 Å². The predicted octanol–water partition coefficient (Wildman–Crippen LogP) is 2.79. The molecule has 0 N–H and O–H groups in total. The number of hydrogen-bond acceptors (Lipinski definition) is 6. The fraction of sp³-hybridized carbons (Fsp3) is 0.250. The third-order valence-electron chi connectivity index (χ3n) is 3.86. The van der Waals surface area contributed by atoms with Gasteiger partial charge in [0.1, 0.15) is 11.2 Å².